The van der Waals surface area contributed by atoms with Gasteiger partial charge in [-0.2, -0.15) is 14.0 Å². The Hall–Kier alpha value is -2.85. The van der Waals surface area contributed by atoms with Crippen molar-refractivity contribution in [1.29, 1.82) is 5.26 Å². The lowest BCUT2D eigenvalue weighted by atomic mass is 10.1. The molecule has 0 aliphatic carbocycles. The van der Waals surface area contributed by atoms with E-state index in [1.165, 1.54) is 12.1 Å². The number of alkyl halides is 2. The van der Waals surface area contributed by atoms with Gasteiger partial charge in [0.15, 0.2) is 0 Å². The molecule has 0 N–H and O–H groups in total. The smallest absolute Gasteiger partial charge is 0.387 e. The van der Waals surface area contributed by atoms with Crippen molar-refractivity contribution in [3.05, 3.63) is 65.2 Å². The van der Waals surface area contributed by atoms with E-state index in [-0.39, 0.29) is 5.75 Å². The van der Waals surface area contributed by atoms with E-state index in [0.29, 0.717) is 6.42 Å². The zero-order valence-corrected chi connectivity index (χ0v) is 12.4. The number of aryl methyl sites for hydroxylation is 1. The highest BCUT2D eigenvalue weighted by Gasteiger charge is 2.02. The van der Waals surface area contributed by atoms with Crippen LogP contribution < -0.4 is 4.74 Å². The lowest BCUT2D eigenvalue weighted by Gasteiger charge is -2.03. The Labute approximate surface area is 134 Å². The average Bonchev–Trinajstić information content (AvgIpc) is 2.54. The largest absolute Gasteiger partial charge is 0.435 e. The first kappa shape index (κ1) is 16.5. The minimum atomic E-state index is -2.82. The van der Waals surface area contributed by atoms with E-state index in [0.717, 1.165) is 29.5 Å². The second-order valence-corrected chi connectivity index (χ2v) is 4.86. The Kier molecular flexibility index (Phi) is 6.15. The minimum Gasteiger partial charge on any atom is -0.435 e. The van der Waals surface area contributed by atoms with E-state index in [9.17, 15) is 8.78 Å². The topological polar surface area (TPSA) is 33.0 Å². The number of benzene rings is 2. The van der Waals surface area contributed by atoms with Crippen LogP contribution in [0, 0.1) is 23.2 Å². The van der Waals surface area contributed by atoms with Crippen LogP contribution >= 0.6 is 0 Å². The fourth-order valence-corrected chi connectivity index (χ4v) is 2.04. The molecule has 0 atom stereocenters. The summed E-state index contributed by atoms with van der Waals surface area (Å²) in [6, 6.07) is 16.2. The molecular formula is C19H15F2NO. The molecule has 2 aromatic carbocycles. The maximum atomic E-state index is 12.1. The third kappa shape index (κ3) is 5.80. The lowest BCUT2D eigenvalue weighted by molar-refractivity contribution is -0.0498. The summed E-state index contributed by atoms with van der Waals surface area (Å²) in [4.78, 5) is 0. The maximum Gasteiger partial charge on any atom is 0.387 e. The molecule has 0 aromatic heterocycles. The highest BCUT2D eigenvalue weighted by molar-refractivity contribution is 5.45. The fourth-order valence-electron chi connectivity index (χ4n) is 2.04. The van der Waals surface area contributed by atoms with Crippen molar-refractivity contribution in [1.82, 2.24) is 0 Å². The van der Waals surface area contributed by atoms with E-state index in [1.807, 2.05) is 24.3 Å². The monoisotopic (exact) mass is 311 g/mol. The predicted molar refractivity (Wildman–Crippen MR) is 84.0 cm³/mol. The molecule has 0 saturated heterocycles. The van der Waals surface area contributed by atoms with Gasteiger partial charge in [-0.3, -0.25) is 0 Å². The van der Waals surface area contributed by atoms with Crippen molar-refractivity contribution in [2.45, 2.75) is 25.9 Å². The van der Waals surface area contributed by atoms with Crippen LogP contribution in [0.2, 0.25) is 0 Å². The molecule has 23 heavy (non-hydrogen) atoms. The summed E-state index contributed by atoms with van der Waals surface area (Å²) >= 11 is 0. The van der Waals surface area contributed by atoms with Crippen molar-refractivity contribution in [2.75, 3.05) is 0 Å². The highest BCUT2D eigenvalue weighted by atomic mass is 19.3. The summed E-state index contributed by atoms with van der Waals surface area (Å²) in [6.07, 6.45) is 2.23. The molecule has 0 radical (unpaired) electrons. The number of hydrogen-bond acceptors (Lipinski definition) is 2. The SMILES string of the molecule is N#CCCCc1cccc(C#Cc2ccc(OC(F)F)cc2)c1. The molecule has 0 fully saturated rings. The highest BCUT2D eigenvalue weighted by Crippen LogP contribution is 2.14. The van der Waals surface area contributed by atoms with Gasteiger partial charge in [0.05, 0.1) is 6.07 Å². The van der Waals surface area contributed by atoms with Crippen LogP contribution in [-0.2, 0) is 6.42 Å². The van der Waals surface area contributed by atoms with Crippen molar-refractivity contribution >= 4 is 0 Å². The molecule has 0 unspecified atom stereocenters. The zero-order chi connectivity index (χ0) is 16.5. The molecule has 2 nitrogen and oxygen atoms in total. The molecular weight excluding hydrogens is 296 g/mol. The van der Waals surface area contributed by atoms with Gasteiger partial charge in [-0.1, -0.05) is 24.0 Å². The maximum absolute atomic E-state index is 12.1. The van der Waals surface area contributed by atoms with Gasteiger partial charge >= 0.3 is 6.61 Å². The molecule has 0 aliphatic heterocycles. The first-order chi connectivity index (χ1) is 11.2. The van der Waals surface area contributed by atoms with Gasteiger partial charge in [-0.25, -0.2) is 0 Å². The summed E-state index contributed by atoms with van der Waals surface area (Å²) in [5.74, 6) is 6.15. The van der Waals surface area contributed by atoms with Crippen LogP contribution in [0.1, 0.15) is 29.5 Å². The van der Waals surface area contributed by atoms with E-state index in [4.69, 9.17) is 5.26 Å². The normalized spacial score (nSPS) is 9.83. The van der Waals surface area contributed by atoms with Gasteiger partial charge in [-0.15, -0.1) is 0 Å². The average molecular weight is 311 g/mol. The van der Waals surface area contributed by atoms with Crippen LogP contribution in [0.3, 0.4) is 0 Å². The number of rotatable bonds is 5. The summed E-state index contributed by atoms with van der Waals surface area (Å²) in [5, 5.41) is 8.55. The Morgan fingerprint density at radius 3 is 2.43 bits per heavy atom. The van der Waals surface area contributed by atoms with Crippen LogP contribution in [-0.4, -0.2) is 6.61 Å². The molecule has 0 heterocycles. The van der Waals surface area contributed by atoms with E-state index in [2.05, 4.69) is 22.6 Å². The van der Waals surface area contributed by atoms with Crippen LogP contribution in [0.5, 0.6) is 5.75 Å². The molecule has 2 rings (SSSR count). The molecule has 0 saturated carbocycles. The third-order valence-corrected chi connectivity index (χ3v) is 3.11. The lowest BCUT2D eigenvalue weighted by Crippen LogP contribution is -2.01. The van der Waals surface area contributed by atoms with E-state index >= 15 is 0 Å². The number of nitriles is 1. The van der Waals surface area contributed by atoms with E-state index < -0.39 is 6.61 Å². The van der Waals surface area contributed by atoms with Crippen molar-refractivity contribution in [3.8, 4) is 23.7 Å². The van der Waals surface area contributed by atoms with Gasteiger partial charge in [0.2, 0.25) is 0 Å². The zero-order valence-electron chi connectivity index (χ0n) is 12.4. The molecule has 0 amide bonds. The van der Waals surface area contributed by atoms with Crippen LogP contribution in [0.15, 0.2) is 48.5 Å². The standard InChI is InChI=1S/C19H15F2NO/c20-19(21)23-18-11-9-15(10-12-18)7-8-17-6-3-5-16(14-17)4-1-2-13-22/h3,5-6,9-12,14,19H,1-2,4H2. The van der Waals surface area contributed by atoms with Gasteiger partial charge in [-0.05, 0) is 54.8 Å². The van der Waals surface area contributed by atoms with Crippen molar-refractivity contribution in [2.24, 2.45) is 0 Å². The van der Waals surface area contributed by atoms with E-state index in [1.54, 1.807) is 12.1 Å². The van der Waals surface area contributed by atoms with Gasteiger partial charge in [0.1, 0.15) is 5.75 Å². The van der Waals surface area contributed by atoms with Gasteiger partial charge < -0.3 is 4.74 Å². The second-order valence-electron chi connectivity index (χ2n) is 4.86. The summed E-state index contributed by atoms with van der Waals surface area (Å²) < 4.78 is 28.4. The molecule has 2 aromatic rings. The Bertz CT molecular complexity index is 736. The number of unbranched alkanes of at least 4 members (excludes halogenated alkanes) is 1. The Morgan fingerprint density at radius 2 is 1.74 bits per heavy atom. The molecule has 0 aliphatic rings. The number of ether oxygens (including phenoxy) is 1. The summed E-state index contributed by atoms with van der Waals surface area (Å²) in [6.45, 7) is -2.82. The fraction of sp³-hybridized carbons (Fsp3) is 0.211. The number of hydrogen-bond donors (Lipinski definition) is 0. The molecule has 0 bridgehead atoms. The van der Waals surface area contributed by atoms with Gasteiger partial charge in [0.25, 0.3) is 0 Å². The molecule has 0 spiro atoms. The van der Waals surface area contributed by atoms with Gasteiger partial charge in [0, 0.05) is 17.5 Å². The van der Waals surface area contributed by atoms with Crippen molar-refractivity contribution in [3.63, 3.8) is 0 Å². The van der Waals surface area contributed by atoms with Crippen LogP contribution in [0.25, 0.3) is 0 Å². The Balaban J connectivity index is 2.03. The minimum absolute atomic E-state index is 0.116. The summed E-state index contributed by atoms with van der Waals surface area (Å²) in [5.41, 5.74) is 2.75. The first-order valence-electron chi connectivity index (χ1n) is 7.20. The van der Waals surface area contributed by atoms with Crippen molar-refractivity contribution < 1.29 is 13.5 Å². The number of halogens is 2. The quantitative estimate of drug-likeness (QED) is 0.600. The first-order valence-corrected chi connectivity index (χ1v) is 7.20. The van der Waals surface area contributed by atoms with Crippen LogP contribution in [0.4, 0.5) is 8.78 Å². The second kappa shape index (κ2) is 8.56. The third-order valence-electron chi connectivity index (χ3n) is 3.11. The molecule has 116 valence electrons. The Morgan fingerprint density at radius 1 is 1.00 bits per heavy atom. The predicted octanol–water partition coefficient (Wildman–Crippen LogP) is 4.53. The molecule has 4 heteroatoms. The number of nitrogens with zero attached hydrogens (tertiary/aromatic N) is 1. The summed E-state index contributed by atoms with van der Waals surface area (Å²) in [7, 11) is 0.